The Balaban J connectivity index is 1.95. The quantitative estimate of drug-likeness (QED) is 0.680. The molecule has 6 nitrogen and oxygen atoms in total. The molecule has 0 aliphatic rings. The van der Waals surface area contributed by atoms with Gasteiger partial charge in [0.15, 0.2) is 5.11 Å². The van der Waals surface area contributed by atoms with Crippen LogP contribution in [-0.4, -0.2) is 30.6 Å². The molecule has 26 heavy (non-hydrogen) atoms. The highest BCUT2D eigenvalue weighted by molar-refractivity contribution is 7.80. The highest BCUT2D eigenvalue weighted by Crippen LogP contribution is 2.15. The van der Waals surface area contributed by atoms with E-state index >= 15 is 0 Å². The molecule has 2 aromatic rings. The fraction of sp³-hybridized carbons (Fsp3) is 0.211. The van der Waals surface area contributed by atoms with Gasteiger partial charge in [-0.05, 0) is 49.0 Å². The minimum Gasteiger partial charge on any atom is -0.497 e. The summed E-state index contributed by atoms with van der Waals surface area (Å²) in [5.41, 5.74) is 1.84. The van der Waals surface area contributed by atoms with Crippen molar-refractivity contribution in [2.75, 3.05) is 19.0 Å². The fourth-order valence-corrected chi connectivity index (χ4v) is 2.52. The third-order valence-corrected chi connectivity index (χ3v) is 3.74. The van der Waals surface area contributed by atoms with Crippen LogP contribution in [0.1, 0.15) is 22.8 Å². The zero-order valence-electron chi connectivity index (χ0n) is 14.7. The molecule has 0 unspecified atom stereocenters. The van der Waals surface area contributed by atoms with Crippen LogP contribution < -0.4 is 20.7 Å². The normalized spacial score (nSPS) is 9.92. The maximum absolute atomic E-state index is 12.1. The van der Waals surface area contributed by atoms with Crippen molar-refractivity contribution >= 4 is 34.8 Å². The van der Waals surface area contributed by atoms with Gasteiger partial charge in [-0.25, -0.2) is 0 Å². The summed E-state index contributed by atoms with van der Waals surface area (Å²) in [4.78, 5) is 24.2. The monoisotopic (exact) mass is 371 g/mol. The van der Waals surface area contributed by atoms with E-state index in [0.29, 0.717) is 17.8 Å². The van der Waals surface area contributed by atoms with E-state index in [1.54, 1.807) is 43.5 Å². The zero-order valence-corrected chi connectivity index (χ0v) is 15.5. The predicted octanol–water partition coefficient (Wildman–Crippen LogP) is 2.50. The zero-order chi connectivity index (χ0) is 18.9. The number of thiocarbonyl (C=S) groups is 1. The molecular formula is C19H21N3O3S. The second-order valence-electron chi connectivity index (χ2n) is 5.43. The molecule has 0 saturated heterocycles. The number of methoxy groups -OCH3 is 1. The number of benzene rings is 2. The first-order valence-corrected chi connectivity index (χ1v) is 8.55. The molecule has 0 spiro atoms. The summed E-state index contributed by atoms with van der Waals surface area (Å²) >= 11 is 5.18. The first kappa shape index (κ1) is 19.4. The lowest BCUT2D eigenvalue weighted by molar-refractivity contribution is -0.119. The topological polar surface area (TPSA) is 79.5 Å². The number of rotatable bonds is 6. The highest BCUT2D eigenvalue weighted by atomic mass is 32.1. The molecule has 0 aliphatic heterocycles. The van der Waals surface area contributed by atoms with Crippen LogP contribution in [0.4, 0.5) is 5.69 Å². The lowest BCUT2D eigenvalue weighted by atomic mass is 10.1. The van der Waals surface area contributed by atoms with Gasteiger partial charge in [0, 0.05) is 6.54 Å². The molecule has 2 aromatic carbocycles. The molecule has 0 bridgehead atoms. The van der Waals surface area contributed by atoms with Crippen molar-refractivity contribution in [3.05, 3.63) is 59.7 Å². The van der Waals surface area contributed by atoms with E-state index in [9.17, 15) is 9.59 Å². The molecular weight excluding hydrogens is 350 g/mol. The van der Waals surface area contributed by atoms with Crippen LogP contribution in [0.15, 0.2) is 48.5 Å². The van der Waals surface area contributed by atoms with E-state index < -0.39 is 0 Å². The minimum atomic E-state index is -0.247. The average Bonchev–Trinajstić information content (AvgIpc) is 2.62. The maximum Gasteiger partial charge on any atom is 0.253 e. The van der Waals surface area contributed by atoms with Crippen molar-refractivity contribution < 1.29 is 14.3 Å². The number of anilines is 1. The van der Waals surface area contributed by atoms with E-state index in [1.807, 2.05) is 19.1 Å². The van der Waals surface area contributed by atoms with Crippen LogP contribution in [0.25, 0.3) is 0 Å². The van der Waals surface area contributed by atoms with Gasteiger partial charge in [0.25, 0.3) is 5.91 Å². The third kappa shape index (κ3) is 5.56. The van der Waals surface area contributed by atoms with E-state index in [0.717, 1.165) is 11.3 Å². The van der Waals surface area contributed by atoms with Crippen molar-refractivity contribution in [1.29, 1.82) is 0 Å². The van der Waals surface area contributed by atoms with Gasteiger partial charge >= 0.3 is 0 Å². The number of carbonyl (C=O) groups is 2. The third-order valence-electron chi connectivity index (χ3n) is 3.53. The van der Waals surface area contributed by atoms with Gasteiger partial charge in [0.2, 0.25) is 5.91 Å². The molecule has 136 valence electrons. The maximum atomic E-state index is 12.1. The number of hydrogen-bond donors (Lipinski definition) is 3. The summed E-state index contributed by atoms with van der Waals surface area (Å²) in [5.74, 6) is 0.277. The molecule has 2 rings (SSSR count). The lowest BCUT2D eigenvalue weighted by Gasteiger charge is -2.13. The van der Waals surface area contributed by atoms with Gasteiger partial charge in [-0.2, -0.15) is 0 Å². The summed E-state index contributed by atoms with van der Waals surface area (Å²) < 4.78 is 5.09. The summed E-state index contributed by atoms with van der Waals surface area (Å²) in [5, 5.41) is 8.40. The number of ether oxygens (including phenoxy) is 1. The summed E-state index contributed by atoms with van der Waals surface area (Å²) in [7, 11) is 1.59. The molecule has 0 heterocycles. The van der Waals surface area contributed by atoms with Gasteiger partial charge in [-0.1, -0.05) is 24.3 Å². The molecule has 0 saturated carbocycles. The Morgan fingerprint density at radius 3 is 2.42 bits per heavy atom. The van der Waals surface area contributed by atoms with Crippen molar-refractivity contribution in [3.8, 4) is 5.75 Å². The molecule has 0 fully saturated rings. The van der Waals surface area contributed by atoms with Crippen molar-refractivity contribution in [2.45, 2.75) is 13.3 Å². The molecule has 0 aromatic heterocycles. The first-order chi connectivity index (χ1) is 12.5. The van der Waals surface area contributed by atoms with Crippen molar-refractivity contribution in [3.63, 3.8) is 0 Å². The van der Waals surface area contributed by atoms with E-state index in [2.05, 4.69) is 16.0 Å². The van der Waals surface area contributed by atoms with E-state index in [4.69, 9.17) is 17.0 Å². The van der Waals surface area contributed by atoms with E-state index in [1.165, 1.54) is 0 Å². The van der Waals surface area contributed by atoms with Crippen LogP contribution in [0.5, 0.6) is 5.75 Å². The predicted molar refractivity (Wildman–Crippen MR) is 106 cm³/mol. The van der Waals surface area contributed by atoms with E-state index in [-0.39, 0.29) is 23.3 Å². The molecule has 7 heteroatoms. The lowest BCUT2D eigenvalue weighted by Crippen LogP contribution is -2.35. The molecule has 0 atom stereocenters. The summed E-state index contributed by atoms with van der Waals surface area (Å²) in [6.07, 6.45) is 0.184. The second-order valence-corrected chi connectivity index (χ2v) is 5.84. The molecule has 3 N–H and O–H groups in total. The minimum absolute atomic E-state index is 0.139. The van der Waals surface area contributed by atoms with Gasteiger partial charge < -0.3 is 20.7 Å². The number of nitrogens with one attached hydrogen (secondary N) is 3. The van der Waals surface area contributed by atoms with Crippen LogP contribution in [0.3, 0.4) is 0 Å². The smallest absolute Gasteiger partial charge is 0.253 e. The van der Waals surface area contributed by atoms with Crippen LogP contribution in [-0.2, 0) is 11.2 Å². The SMILES string of the molecule is CCNC(=O)c1ccccc1NC(=S)NC(=O)Cc1ccc(OC)cc1. The Morgan fingerprint density at radius 2 is 1.77 bits per heavy atom. The first-order valence-electron chi connectivity index (χ1n) is 8.14. The fourth-order valence-electron chi connectivity index (χ4n) is 2.30. The largest absolute Gasteiger partial charge is 0.497 e. The van der Waals surface area contributed by atoms with Crippen molar-refractivity contribution in [1.82, 2.24) is 10.6 Å². The van der Waals surface area contributed by atoms with Gasteiger partial charge in [0.05, 0.1) is 24.8 Å². The number of para-hydroxylation sites is 1. The van der Waals surface area contributed by atoms with Crippen LogP contribution in [0.2, 0.25) is 0 Å². The number of hydrogen-bond acceptors (Lipinski definition) is 4. The second kappa shape index (κ2) is 9.53. The van der Waals surface area contributed by atoms with Gasteiger partial charge in [0.1, 0.15) is 5.75 Å². The number of carbonyl (C=O) groups excluding carboxylic acids is 2. The number of amides is 2. The highest BCUT2D eigenvalue weighted by Gasteiger charge is 2.12. The Bertz CT molecular complexity index is 791. The molecule has 0 radical (unpaired) electrons. The Labute approximate surface area is 157 Å². The van der Waals surface area contributed by atoms with Crippen LogP contribution in [0, 0.1) is 0 Å². The Kier molecular flexibility index (Phi) is 7.11. The standard InChI is InChI=1S/C19H21N3O3S/c1-3-20-18(24)15-6-4-5-7-16(15)21-19(26)22-17(23)12-13-8-10-14(25-2)11-9-13/h4-11H,3,12H2,1-2H3,(H,20,24)(H2,21,22,23,26). The van der Waals surface area contributed by atoms with Crippen molar-refractivity contribution in [2.24, 2.45) is 0 Å². The van der Waals surface area contributed by atoms with Gasteiger partial charge in [-0.15, -0.1) is 0 Å². The molecule has 2 amide bonds. The van der Waals surface area contributed by atoms with Gasteiger partial charge in [-0.3, -0.25) is 9.59 Å². The van der Waals surface area contributed by atoms with Crippen LogP contribution >= 0.6 is 12.2 Å². The summed E-state index contributed by atoms with van der Waals surface area (Å²) in [6.45, 7) is 2.37. The summed E-state index contributed by atoms with van der Waals surface area (Å²) in [6, 6.07) is 14.2. The average molecular weight is 371 g/mol. The Hall–Kier alpha value is -2.93. The molecule has 0 aliphatic carbocycles. The Morgan fingerprint density at radius 1 is 1.08 bits per heavy atom.